The lowest BCUT2D eigenvalue weighted by Crippen LogP contribution is -2.40. The second-order valence-electron chi connectivity index (χ2n) is 4.46. The van der Waals surface area contributed by atoms with Gasteiger partial charge in [-0.05, 0) is 20.9 Å². The lowest BCUT2D eigenvalue weighted by Gasteiger charge is -2.27. The predicted molar refractivity (Wildman–Crippen MR) is 59.8 cm³/mol. The zero-order valence-corrected chi connectivity index (χ0v) is 9.75. The zero-order valence-electron chi connectivity index (χ0n) is 9.75. The summed E-state index contributed by atoms with van der Waals surface area (Å²) in [6.07, 6.45) is 0. The minimum atomic E-state index is -0.646. The first-order valence-corrected chi connectivity index (χ1v) is 4.79. The first-order chi connectivity index (χ1) is 6.22. The van der Waals surface area contributed by atoms with Gasteiger partial charge < -0.3 is 20.6 Å². The predicted octanol–water partition coefficient (Wildman–Crippen LogP) is 0.0508. The lowest BCUT2D eigenvalue weighted by atomic mass is 10.1. The number of likely N-dealkylation sites (N-methyl/N-ethyl adjacent to an activating group) is 2. The van der Waals surface area contributed by atoms with Crippen LogP contribution in [-0.4, -0.2) is 54.2 Å². The van der Waals surface area contributed by atoms with Crippen LogP contribution in [0.5, 0.6) is 0 Å². The summed E-state index contributed by atoms with van der Waals surface area (Å²) >= 11 is 0. The van der Waals surface area contributed by atoms with Gasteiger partial charge in [-0.1, -0.05) is 6.58 Å². The van der Waals surface area contributed by atoms with Crippen molar-refractivity contribution in [2.24, 2.45) is 5.73 Å². The number of nitrogens with zero attached hydrogens (tertiary/aromatic N) is 2. The number of hydrogen-bond donors (Lipinski definition) is 2. The van der Waals surface area contributed by atoms with Crippen molar-refractivity contribution in [3.63, 3.8) is 0 Å². The van der Waals surface area contributed by atoms with Gasteiger partial charge in [-0.25, -0.2) is 0 Å². The maximum Gasteiger partial charge on any atom is 0.0910 e. The van der Waals surface area contributed by atoms with E-state index in [-0.39, 0.29) is 0 Å². The molecule has 0 bridgehead atoms. The largest absolute Gasteiger partial charge is 0.389 e. The van der Waals surface area contributed by atoms with Gasteiger partial charge in [0.15, 0.2) is 0 Å². The van der Waals surface area contributed by atoms with Gasteiger partial charge in [0.2, 0.25) is 0 Å². The molecule has 3 N–H and O–H groups in total. The first kappa shape index (κ1) is 13.3. The van der Waals surface area contributed by atoms with Gasteiger partial charge in [0.25, 0.3) is 0 Å². The topological polar surface area (TPSA) is 52.7 Å². The molecule has 14 heavy (non-hydrogen) atoms. The number of rotatable bonds is 6. The third kappa shape index (κ3) is 6.74. The minimum Gasteiger partial charge on any atom is -0.389 e. The fraction of sp³-hybridized carbons (Fsp3) is 0.800. The van der Waals surface area contributed by atoms with Crippen LogP contribution in [0.25, 0.3) is 0 Å². The molecule has 0 rings (SSSR count). The van der Waals surface area contributed by atoms with Crippen LogP contribution in [0.1, 0.15) is 13.8 Å². The minimum absolute atomic E-state index is 0.571. The molecule has 84 valence electrons. The molecule has 0 saturated carbocycles. The van der Waals surface area contributed by atoms with E-state index in [2.05, 4.69) is 11.5 Å². The molecule has 0 radical (unpaired) electrons. The number of hydrogen-bond acceptors (Lipinski definition) is 4. The van der Waals surface area contributed by atoms with Crippen LogP contribution in [-0.2, 0) is 0 Å². The summed E-state index contributed by atoms with van der Waals surface area (Å²) in [5, 5.41) is 9.56. The summed E-state index contributed by atoms with van der Waals surface area (Å²) in [4.78, 5) is 3.96. The Hall–Kier alpha value is -0.740. The van der Waals surface area contributed by atoms with E-state index >= 15 is 0 Å². The quantitative estimate of drug-likeness (QED) is 0.637. The first-order valence-electron chi connectivity index (χ1n) is 4.79. The molecule has 0 amide bonds. The molecular weight excluding hydrogens is 178 g/mol. The van der Waals surface area contributed by atoms with Crippen LogP contribution in [0.3, 0.4) is 0 Å². The van der Waals surface area contributed by atoms with Crippen LogP contribution >= 0.6 is 0 Å². The van der Waals surface area contributed by atoms with Crippen LogP contribution in [0.4, 0.5) is 0 Å². The highest BCUT2D eigenvalue weighted by Gasteiger charge is 2.15. The smallest absolute Gasteiger partial charge is 0.0910 e. The van der Waals surface area contributed by atoms with Gasteiger partial charge >= 0.3 is 0 Å². The highest BCUT2D eigenvalue weighted by molar-refractivity contribution is 4.84. The van der Waals surface area contributed by atoms with Crippen molar-refractivity contribution in [2.75, 3.05) is 33.7 Å². The SMILES string of the molecule is C=C(N)N(C)CCN(C)CC(C)(C)O. The van der Waals surface area contributed by atoms with Gasteiger partial charge in [-0.2, -0.15) is 0 Å². The molecule has 4 nitrogen and oxygen atoms in total. The van der Waals surface area contributed by atoms with Gasteiger partial charge in [-0.3, -0.25) is 0 Å². The molecule has 0 unspecified atom stereocenters. The summed E-state index contributed by atoms with van der Waals surface area (Å²) in [6.45, 7) is 9.57. The number of nitrogens with two attached hydrogens (primary N) is 1. The van der Waals surface area contributed by atoms with Gasteiger partial charge in [-0.15, -0.1) is 0 Å². The zero-order chi connectivity index (χ0) is 11.4. The van der Waals surface area contributed by atoms with Gasteiger partial charge in [0, 0.05) is 26.7 Å². The molecule has 0 heterocycles. The normalized spacial score (nSPS) is 11.9. The van der Waals surface area contributed by atoms with Crippen LogP contribution in [0, 0.1) is 0 Å². The molecule has 4 heteroatoms. The van der Waals surface area contributed by atoms with E-state index < -0.39 is 5.60 Å². The maximum absolute atomic E-state index is 9.56. The van der Waals surface area contributed by atoms with Crippen LogP contribution < -0.4 is 5.73 Å². The Labute approximate surface area is 87.0 Å². The lowest BCUT2D eigenvalue weighted by molar-refractivity contribution is 0.0432. The van der Waals surface area contributed by atoms with E-state index in [9.17, 15) is 5.11 Å². The molecule has 0 aromatic rings. The molecular formula is C10H23N3O. The highest BCUT2D eigenvalue weighted by atomic mass is 16.3. The van der Waals surface area contributed by atoms with E-state index in [0.29, 0.717) is 12.4 Å². The van der Waals surface area contributed by atoms with Gasteiger partial charge in [0.05, 0.1) is 11.4 Å². The van der Waals surface area contributed by atoms with E-state index in [4.69, 9.17) is 5.73 Å². The van der Waals surface area contributed by atoms with E-state index in [1.54, 1.807) is 13.8 Å². The van der Waals surface area contributed by atoms with E-state index in [1.165, 1.54) is 0 Å². The average Bonchev–Trinajstić information content (AvgIpc) is 1.96. The van der Waals surface area contributed by atoms with E-state index in [1.807, 2.05) is 19.0 Å². The summed E-state index contributed by atoms with van der Waals surface area (Å²) < 4.78 is 0. The molecule has 0 atom stereocenters. The summed E-state index contributed by atoms with van der Waals surface area (Å²) in [7, 11) is 3.88. The van der Waals surface area contributed by atoms with Crippen molar-refractivity contribution in [1.29, 1.82) is 0 Å². The molecule has 0 spiro atoms. The Balaban J connectivity index is 3.74. The molecule has 0 aliphatic heterocycles. The van der Waals surface area contributed by atoms with Crippen molar-refractivity contribution in [1.82, 2.24) is 9.80 Å². The van der Waals surface area contributed by atoms with Crippen molar-refractivity contribution < 1.29 is 5.11 Å². The van der Waals surface area contributed by atoms with Crippen molar-refractivity contribution in [3.05, 3.63) is 12.4 Å². The van der Waals surface area contributed by atoms with Crippen LogP contribution in [0.15, 0.2) is 12.4 Å². The van der Waals surface area contributed by atoms with Crippen molar-refractivity contribution >= 4 is 0 Å². The Morgan fingerprint density at radius 3 is 2.21 bits per heavy atom. The standard InChI is InChI=1S/C10H23N3O/c1-9(11)13(5)7-6-12(4)8-10(2,3)14/h14H,1,6-8,11H2,2-5H3. The number of aliphatic hydroxyl groups is 1. The molecule has 0 aromatic heterocycles. The van der Waals surface area contributed by atoms with E-state index in [0.717, 1.165) is 13.1 Å². The summed E-state index contributed by atoms with van der Waals surface area (Å²) in [5.74, 6) is 0.571. The summed E-state index contributed by atoms with van der Waals surface area (Å²) in [5.41, 5.74) is 4.87. The average molecular weight is 201 g/mol. The molecule has 0 aromatic carbocycles. The third-order valence-corrected chi connectivity index (χ3v) is 1.96. The fourth-order valence-electron chi connectivity index (χ4n) is 1.20. The fourth-order valence-corrected chi connectivity index (χ4v) is 1.20. The van der Waals surface area contributed by atoms with Crippen molar-refractivity contribution in [2.45, 2.75) is 19.4 Å². The monoisotopic (exact) mass is 201 g/mol. The molecule has 0 fully saturated rings. The van der Waals surface area contributed by atoms with Crippen LogP contribution in [0.2, 0.25) is 0 Å². The second kappa shape index (κ2) is 5.22. The maximum atomic E-state index is 9.56. The molecule has 0 aliphatic carbocycles. The Kier molecular flexibility index (Phi) is 4.94. The Bertz CT molecular complexity index is 186. The Morgan fingerprint density at radius 2 is 1.86 bits per heavy atom. The summed E-state index contributed by atoms with van der Waals surface area (Å²) in [6, 6.07) is 0. The second-order valence-corrected chi connectivity index (χ2v) is 4.46. The molecule has 0 saturated heterocycles. The highest BCUT2D eigenvalue weighted by Crippen LogP contribution is 2.02. The third-order valence-electron chi connectivity index (χ3n) is 1.96. The molecule has 0 aliphatic rings. The van der Waals surface area contributed by atoms with Gasteiger partial charge in [0.1, 0.15) is 0 Å². The van der Waals surface area contributed by atoms with Crippen molar-refractivity contribution in [3.8, 4) is 0 Å². The Morgan fingerprint density at radius 1 is 1.36 bits per heavy atom.